The highest BCUT2D eigenvalue weighted by Crippen LogP contribution is 2.39. The zero-order valence-corrected chi connectivity index (χ0v) is 11.6. The smallest absolute Gasteiger partial charge is 0.248 e. The van der Waals surface area contributed by atoms with E-state index in [2.05, 4.69) is 24.1 Å². The van der Waals surface area contributed by atoms with Gasteiger partial charge in [0, 0.05) is 45.1 Å². The van der Waals surface area contributed by atoms with Crippen LogP contribution in [0.2, 0.25) is 0 Å². The van der Waals surface area contributed by atoms with E-state index in [1.54, 1.807) is 0 Å². The number of alkyl halides is 2. The molecule has 1 aliphatic heterocycles. The summed E-state index contributed by atoms with van der Waals surface area (Å²) >= 11 is 0. The summed E-state index contributed by atoms with van der Waals surface area (Å²) in [5.41, 5.74) is 0. The van der Waals surface area contributed by atoms with Gasteiger partial charge in [-0.15, -0.1) is 0 Å². The summed E-state index contributed by atoms with van der Waals surface area (Å²) in [6.45, 7) is 8.37. The van der Waals surface area contributed by atoms with Crippen molar-refractivity contribution >= 4 is 0 Å². The van der Waals surface area contributed by atoms with Crippen molar-refractivity contribution in [2.45, 2.75) is 51.5 Å². The first-order valence-corrected chi connectivity index (χ1v) is 7.28. The minimum atomic E-state index is -2.39. The number of hydrogen-bond donors (Lipinski definition) is 1. The Labute approximate surface area is 109 Å². The number of halogens is 2. The summed E-state index contributed by atoms with van der Waals surface area (Å²) in [6, 6.07) is 0.542. The van der Waals surface area contributed by atoms with Crippen LogP contribution in [-0.4, -0.2) is 43.0 Å². The summed E-state index contributed by atoms with van der Waals surface area (Å²) < 4.78 is 26.3. The molecule has 0 bridgehead atoms. The minimum absolute atomic E-state index is 0.0964. The molecule has 2 fully saturated rings. The Hall–Kier alpha value is -0.220. The van der Waals surface area contributed by atoms with Crippen LogP contribution in [0.4, 0.5) is 8.78 Å². The van der Waals surface area contributed by atoms with Gasteiger partial charge in [-0.05, 0) is 24.7 Å². The Bertz CT molecular complexity index is 269. The van der Waals surface area contributed by atoms with Gasteiger partial charge in [0.15, 0.2) is 0 Å². The maximum absolute atomic E-state index is 13.2. The van der Waals surface area contributed by atoms with Crippen LogP contribution >= 0.6 is 0 Å². The molecule has 0 aromatic heterocycles. The standard InChI is InChI=1S/C14H26F2N2/c1-11(2)7-13-10-18(6-5-17-13)9-12-3-4-14(15,16)8-12/h11-13,17H,3-10H2,1-2H3. The molecule has 0 aromatic rings. The number of hydrogen-bond acceptors (Lipinski definition) is 2. The van der Waals surface area contributed by atoms with Gasteiger partial charge < -0.3 is 10.2 Å². The highest BCUT2D eigenvalue weighted by Gasteiger charge is 2.40. The number of rotatable bonds is 4. The predicted octanol–water partition coefficient (Wildman–Crippen LogP) is 2.74. The summed E-state index contributed by atoms with van der Waals surface area (Å²) in [5, 5.41) is 3.53. The van der Waals surface area contributed by atoms with Gasteiger partial charge in [0.2, 0.25) is 5.92 Å². The summed E-state index contributed by atoms with van der Waals surface area (Å²) in [5.74, 6) is -1.49. The van der Waals surface area contributed by atoms with Crippen LogP contribution in [0.1, 0.15) is 39.5 Å². The maximum Gasteiger partial charge on any atom is 0.248 e. The summed E-state index contributed by atoms with van der Waals surface area (Å²) in [7, 11) is 0. The quantitative estimate of drug-likeness (QED) is 0.836. The molecule has 1 heterocycles. The number of nitrogens with one attached hydrogen (secondary N) is 1. The van der Waals surface area contributed by atoms with E-state index in [0.29, 0.717) is 18.4 Å². The SMILES string of the molecule is CC(C)CC1CN(CC2CCC(F)(F)C2)CCN1. The molecule has 2 rings (SSSR count). The molecule has 18 heavy (non-hydrogen) atoms. The largest absolute Gasteiger partial charge is 0.311 e. The van der Waals surface area contributed by atoms with E-state index in [1.807, 2.05) is 0 Å². The molecule has 1 saturated carbocycles. The van der Waals surface area contributed by atoms with Crippen LogP contribution in [0.25, 0.3) is 0 Å². The van der Waals surface area contributed by atoms with E-state index in [1.165, 1.54) is 6.42 Å². The molecular formula is C14H26F2N2. The van der Waals surface area contributed by atoms with Crippen molar-refractivity contribution in [1.82, 2.24) is 10.2 Å². The molecule has 0 spiro atoms. The van der Waals surface area contributed by atoms with Crippen molar-refractivity contribution < 1.29 is 8.78 Å². The zero-order chi connectivity index (χ0) is 13.2. The third-order valence-electron chi connectivity index (χ3n) is 4.12. The van der Waals surface area contributed by atoms with Crippen molar-refractivity contribution in [3.05, 3.63) is 0 Å². The topological polar surface area (TPSA) is 15.3 Å². The van der Waals surface area contributed by atoms with Crippen molar-refractivity contribution in [3.8, 4) is 0 Å². The molecule has 2 aliphatic rings. The second-order valence-electron chi connectivity index (χ2n) is 6.50. The Morgan fingerprint density at radius 2 is 2.17 bits per heavy atom. The first-order valence-electron chi connectivity index (χ1n) is 7.28. The lowest BCUT2D eigenvalue weighted by Crippen LogP contribution is -2.52. The van der Waals surface area contributed by atoms with Gasteiger partial charge in [0.05, 0.1) is 0 Å². The fourth-order valence-corrected chi connectivity index (χ4v) is 3.35. The Morgan fingerprint density at radius 1 is 1.39 bits per heavy atom. The highest BCUT2D eigenvalue weighted by atomic mass is 19.3. The van der Waals surface area contributed by atoms with Crippen LogP contribution in [0, 0.1) is 11.8 Å². The average molecular weight is 260 g/mol. The lowest BCUT2D eigenvalue weighted by molar-refractivity contribution is 0.00296. The maximum atomic E-state index is 13.2. The van der Waals surface area contributed by atoms with E-state index in [0.717, 1.165) is 26.2 Å². The number of piperazine rings is 1. The first-order chi connectivity index (χ1) is 8.44. The monoisotopic (exact) mass is 260 g/mol. The van der Waals surface area contributed by atoms with E-state index < -0.39 is 5.92 Å². The Kier molecular flexibility index (Phi) is 4.59. The van der Waals surface area contributed by atoms with Gasteiger partial charge in [-0.1, -0.05) is 13.8 Å². The molecular weight excluding hydrogens is 234 g/mol. The Morgan fingerprint density at radius 3 is 2.78 bits per heavy atom. The van der Waals surface area contributed by atoms with Crippen molar-refractivity contribution in [3.63, 3.8) is 0 Å². The average Bonchev–Trinajstić information content (AvgIpc) is 2.57. The third kappa shape index (κ3) is 4.16. The molecule has 0 radical (unpaired) electrons. The molecule has 0 aromatic carbocycles. The van der Waals surface area contributed by atoms with E-state index in [9.17, 15) is 8.78 Å². The van der Waals surface area contributed by atoms with E-state index in [-0.39, 0.29) is 18.8 Å². The van der Waals surface area contributed by atoms with Gasteiger partial charge in [-0.3, -0.25) is 0 Å². The second-order valence-corrected chi connectivity index (χ2v) is 6.50. The zero-order valence-electron chi connectivity index (χ0n) is 11.6. The van der Waals surface area contributed by atoms with Crippen molar-refractivity contribution in [2.24, 2.45) is 11.8 Å². The van der Waals surface area contributed by atoms with Gasteiger partial charge in [0.25, 0.3) is 0 Å². The summed E-state index contributed by atoms with van der Waals surface area (Å²) in [4.78, 5) is 2.38. The van der Waals surface area contributed by atoms with E-state index >= 15 is 0 Å². The fraction of sp³-hybridized carbons (Fsp3) is 1.00. The molecule has 0 amide bonds. The van der Waals surface area contributed by atoms with Crippen LogP contribution in [0.3, 0.4) is 0 Å². The molecule has 1 saturated heterocycles. The van der Waals surface area contributed by atoms with Gasteiger partial charge in [-0.25, -0.2) is 8.78 Å². The van der Waals surface area contributed by atoms with Gasteiger partial charge >= 0.3 is 0 Å². The molecule has 1 N–H and O–H groups in total. The normalized spacial score (nSPS) is 33.2. The lowest BCUT2D eigenvalue weighted by atomic mass is 10.0. The molecule has 106 valence electrons. The highest BCUT2D eigenvalue weighted by molar-refractivity contribution is 4.86. The van der Waals surface area contributed by atoms with Crippen LogP contribution in [-0.2, 0) is 0 Å². The molecule has 2 atom stereocenters. The van der Waals surface area contributed by atoms with Crippen LogP contribution < -0.4 is 5.32 Å². The van der Waals surface area contributed by atoms with Crippen molar-refractivity contribution in [2.75, 3.05) is 26.2 Å². The minimum Gasteiger partial charge on any atom is -0.311 e. The molecule has 2 nitrogen and oxygen atoms in total. The number of nitrogens with zero attached hydrogens (tertiary/aromatic N) is 1. The summed E-state index contributed by atoms with van der Waals surface area (Å²) in [6.07, 6.45) is 2.08. The van der Waals surface area contributed by atoms with Crippen LogP contribution in [0.5, 0.6) is 0 Å². The van der Waals surface area contributed by atoms with E-state index in [4.69, 9.17) is 0 Å². The Balaban J connectivity index is 1.76. The predicted molar refractivity (Wildman–Crippen MR) is 70.0 cm³/mol. The molecule has 2 unspecified atom stereocenters. The van der Waals surface area contributed by atoms with Crippen LogP contribution in [0.15, 0.2) is 0 Å². The third-order valence-corrected chi connectivity index (χ3v) is 4.12. The molecule has 1 aliphatic carbocycles. The lowest BCUT2D eigenvalue weighted by Gasteiger charge is -2.35. The fourth-order valence-electron chi connectivity index (χ4n) is 3.35. The first kappa shape index (κ1) is 14.2. The van der Waals surface area contributed by atoms with Gasteiger partial charge in [-0.2, -0.15) is 0 Å². The van der Waals surface area contributed by atoms with Crippen molar-refractivity contribution in [1.29, 1.82) is 0 Å². The van der Waals surface area contributed by atoms with Gasteiger partial charge in [0.1, 0.15) is 0 Å². The second kappa shape index (κ2) is 5.83. The molecule has 4 heteroatoms.